The number of rotatable bonds is 8. The number of amides is 1. The summed E-state index contributed by atoms with van der Waals surface area (Å²) in [5.41, 5.74) is 1.90. The predicted molar refractivity (Wildman–Crippen MR) is 97.1 cm³/mol. The molecule has 0 heterocycles. The Morgan fingerprint density at radius 3 is 2.33 bits per heavy atom. The number of nitrogens with one attached hydrogen (secondary N) is 1. The number of methoxy groups -OCH3 is 1. The van der Waals surface area contributed by atoms with Crippen molar-refractivity contribution in [1.82, 2.24) is 0 Å². The molecule has 0 aromatic heterocycles. The minimum Gasteiger partial charge on any atom is -0.497 e. The van der Waals surface area contributed by atoms with Gasteiger partial charge in [-0.1, -0.05) is 6.07 Å². The molecule has 2 rings (SSSR count). The van der Waals surface area contributed by atoms with Gasteiger partial charge in [0.2, 0.25) is 0 Å². The van der Waals surface area contributed by atoms with Crippen molar-refractivity contribution in [2.45, 2.75) is 13.8 Å². The molecular weight excluding hydrogens is 304 g/mol. The maximum atomic E-state index is 12.0. The van der Waals surface area contributed by atoms with Crippen LogP contribution in [-0.2, 0) is 4.79 Å². The molecule has 0 unspecified atom stereocenters. The van der Waals surface area contributed by atoms with Crippen LogP contribution in [0.1, 0.15) is 13.8 Å². The maximum Gasteiger partial charge on any atom is 0.262 e. The number of carbonyl (C=O) groups is 1. The molecule has 0 aliphatic carbocycles. The predicted octanol–water partition coefficient (Wildman–Crippen LogP) is 3.56. The Hall–Kier alpha value is -2.69. The monoisotopic (exact) mass is 328 g/mol. The average Bonchev–Trinajstić information content (AvgIpc) is 2.62. The molecule has 1 amide bonds. The molecule has 0 atom stereocenters. The van der Waals surface area contributed by atoms with Gasteiger partial charge in [0.05, 0.1) is 7.11 Å². The van der Waals surface area contributed by atoms with E-state index in [0.717, 1.165) is 24.5 Å². The topological polar surface area (TPSA) is 50.8 Å². The molecule has 1 N–H and O–H groups in total. The Labute approximate surface area is 143 Å². The molecule has 2 aromatic carbocycles. The lowest BCUT2D eigenvalue weighted by Crippen LogP contribution is -2.22. The fourth-order valence-electron chi connectivity index (χ4n) is 2.38. The van der Waals surface area contributed by atoms with Crippen LogP contribution in [0.2, 0.25) is 0 Å². The van der Waals surface area contributed by atoms with Gasteiger partial charge < -0.3 is 19.7 Å². The van der Waals surface area contributed by atoms with Crippen molar-refractivity contribution in [3.05, 3.63) is 48.5 Å². The molecule has 0 saturated heterocycles. The Morgan fingerprint density at radius 2 is 1.71 bits per heavy atom. The van der Waals surface area contributed by atoms with E-state index < -0.39 is 0 Å². The van der Waals surface area contributed by atoms with Gasteiger partial charge >= 0.3 is 0 Å². The second kappa shape index (κ2) is 8.82. The van der Waals surface area contributed by atoms with Crippen molar-refractivity contribution in [3.63, 3.8) is 0 Å². The van der Waals surface area contributed by atoms with Crippen LogP contribution in [0.5, 0.6) is 11.5 Å². The zero-order valence-electron chi connectivity index (χ0n) is 14.4. The summed E-state index contributed by atoms with van der Waals surface area (Å²) in [6.45, 7) is 6.10. The minimum absolute atomic E-state index is 0.0506. The molecule has 0 fully saturated rings. The van der Waals surface area contributed by atoms with E-state index in [9.17, 15) is 4.79 Å². The SMILES string of the molecule is CCN(CC)c1ccc(NC(=O)COc2cccc(OC)c2)cc1. The molecule has 0 bridgehead atoms. The Bertz CT molecular complexity index is 652. The van der Waals surface area contributed by atoms with E-state index in [1.54, 1.807) is 19.2 Å². The van der Waals surface area contributed by atoms with E-state index >= 15 is 0 Å². The average molecular weight is 328 g/mol. The first kappa shape index (κ1) is 17.7. The summed E-state index contributed by atoms with van der Waals surface area (Å²) in [5, 5.41) is 2.83. The van der Waals surface area contributed by atoms with E-state index in [2.05, 4.69) is 24.1 Å². The second-order valence-electron chi connectivity index (χ2n) is 5.23. The first-order chi connectivity index (χ1) is 11.7. The quantitative estimate of drug-likeness (QED) is 0.805. The fourth-order valence-corrected chi connectivity index (χ4v) is 2.38. The van der Waals surface area contributed by atoms with Crippen molar-refractivity contribution in [3.8, 4) is 11.5 Å². The van der Waals surface area contributed by atoms with E-state index in [4.69, 9.17) is 9.47 Å². The van der Waals surface area contributed by atoms with Gasteiger partial charge in [0.25, 0.3) is 5.91 Å². The van der Waals surface area contributed by atoms with Crippen LogP contribution in [0.4, 0.5) is 11.4 Å². The Kier molecular flexibility index (Phi) is 6.49. The van der Waals surface area contributed by atoms with Crippen LogP contribution in [0.3, 0.4) is 0 Å². The van der Waals surface area contributed by atoms with Crippen LogP contribution in [0.25, 0.3) is 0 Å². The van der Waals surface area contributed by atoms with Crippen molar-refractivity contribution in [2.75, 3.05) is 37.0 Å². The molecule has 5 heteroatoms. The third-order valence-electron chi connectivity index (χ3n) is 3.69. The third kappa shape index (κ3) is 4.91. The molecule has 0 spiro atoms. The van der Waals surface area contributed by atoms with E-state index in [1.165, 1.54) is 0 Å². The van der Waals surface area contributed by atoms with Gasteiger partial charge in [-0.3, -0.25) is 4.79 Å². The molecule has 5 nitrogen and oxygen atoms in total. The van der Waals surface area contributed by atoms with Gasteiger partial charge in [-0.2, -0.15) is 0 Å². The smallest absolute Gasteiger partial charge is 0.262 e. The van der Waals surface area contributed by atoms with Crippen molar-refractivity contribution in [2.24, 2.45) is 0 Å². The molecule has 0 aliphatic heterocycles. The summed E-state index contributed by atoms with van der Waals surface area (Å²) in [4.78, 5) is 14.2. The van der Waals surface area contributed by atoms with Gasteiger partial charge in [-0.25, -0.2) is 0 Å². The van der Waals surface area contributed by atoms with E-state index in [1.807, 2.05) is 36.4 Å². The highest BCUT2D eigenvalue weighted by atomic mass is 16.5. The van der Waals surface area contributed by atoms with Gasteiger partial charge in [0, 0.05) is 30.5 Å². The summed E-state index contributed by atoms with van der Waals surface area (Å²) >= 11 is 0. The largest absolute Gasteiger partial charge is 0.497 e. The molecule has 128 valence electrons. The first-order valence-corrected chi connectivity index (χ1v) is 8.08. The standard InChI is InChI=1S/C19H24N2O3/c1-4-21(5-2)16-11-9-15(10-12-16)20-19(22)14-24-18-8-6-7-17(13-18)23-3/h6-13H,4-5,14H2,1-3H3,(H,20,22). The number of anilines is 2. The number of benzene rings is 2. The summed E-state index contributed by atoms with van der Waals surface area (Å²) in [5.74, 6) is 1.09. The van der Waals surface area contributed by atoms with Crippen LogP contribution in [0.15, 0.2) is 48.5 Å². The second-order valence-corrected chi connectivity index (χ2v) is 5.23. The van der Waals surface area contributed by atoms with Crippen LogP contribution in [-0.4, -0.2) is 32.7 Å². The molecule has 0 saturated carbocycles. The van der Waals surface area contributed by atoms with Crippen molar-refractivity contribution >= 4 is 17.3 Å². The lowest BCUT2D eigenvalue weighted by molar-refractivity contribution is -0.118. The lowest BCUT2D eigenvalue weighted by atomic mass is 10.2. The highest BCUT2D eigenvalue weighted by Crippen LogP contribution is 2.19. The minimum atomic E-state index is -0.201. The van der Waals surface area contributed by atoms with Gasteiger partial charge in [-0.15, -0.1) is 0 Å². The highest BCUT2D eigenvalue weighted by molar-refractivity contribution is 5.92. The summed E-state index contributed by atoms with van der Waals surface area (Å²) in [7, 11) is 1.59. The molecule has 0 aliphatic rings. The number of carbonyl (C=O) groups excluding carboxylic acids is 1. The zero-order chi connectivity index (χ0) is 17.4. The van der Waals surface area contributed by atoms with Crippen LogP contribution < -0.4 is 19.7 Å². The first-order valence-electron chi connectivity index (χ1n) is 8.08. The van der Waals surface area contributed by atoms with Crippen molar-refractivity contribution in [1.29, 1.82) is 0 Å². The van der Waals surface area contributed by atoms with Gasteiger partial charge in [-0.05, 0) is 50.2 Å². The summed E-state index contributed by atoms with van der Waals surface area (Å²) < 4.78 is 10.6. The number of nitrogens with zero attached hydrogens (tertiary/aromatic N) is 1. The molecule has 24 heavy (non-hydrogen) atoms. The highest BCUT2D eigenvalue weighted by Gasteiger charge is 2.06. The fraction of sp³-hybridized carbons (Fsp3) is 0.316. The van der Waals surface area contributed by atoms with Crippen LogP contribution >= 0.6 is 0 Å². The summed E-state index contributed by atoms with van der Waals surface area (Å²) in [6.07, 6.45) is 0. The Balaban J connectivity index is 1.87. The zero-order valence-corrected chi connectivity index (χ0v) is 14.4. The van der Waals surface area contributed by atoms with E-state index in [-0.39, 0.29) is 12.5 Å². The number of hydrogen-bond acceptors (Lipinski definition) is 4. The lowest BCUT2D eigenvalue weighted by Gasteiger charge is -2.21. The number of ether oxygens (including phenoxy) is 2. The van der Waals surface area contributed by atoms with Crippen LogP contribution in [0, 0.1) is 0 Å². The van der Waals surface area contributed by atoms with Crippen molar-refractivity contribution < 1.29 is 14.3 Å². The van der Waals surface area contributed by atoms with E-state index in [0.29, 0.717) is 11.5 Å². The Morgan fingerprint density at radius 1 is 1.04 bits per heavy atom. The molecule has 0 radical (unpaired) electrons. The van der Waals surface area contributed by atoms with Gasteiger partial charge in [0.1, 0.15) is 11.5 Å². The third-order valence-corrected chi connectivity index (χ3v) is 3.69. The maximum absolute atomic E-state index is 12.0. The molecule has 2 aromatic rings. The summed E-state index contributed by atoms with van der Waals surface area (Å²) in [6, 6.07) is 15.0. The van der Waals surface area contributed by atoms with Gasteiger partial charge in [0.15, 0.2) is 6.61 Å². The normalized spacial score (nSPS) is 10.1. The molecular formula is C19H24N2O3. The number of hydrogen-bond donors (Lipinski definition) is 1.